The van der Waals surface area contributed by atoms with Crippen LogP contribution < -0.4 is 5.32 Å². The molecular weight excluding hydrogens is 291 g/mol. The molecule has 0 aromatic heterocycles. The van der Waals surface area contributed by atoms with Crippen LogP contribution in [0.1, 0.15) is 12.0 Å². The average Bonchev–Trinajstić information content (AvgIpc) is 3.04. The third-order valence-corrected chi connectivity index (χ3v) is 3.51. The summed E-state index contributed by atoms with van der Waals surface area (Å²) in [5.41, 5.74) is 1.19. The van der Waals surface area contributed by atoms with E-state index in [-0.39, 0.29) is 17.8 Å². The molecule has 2 heterocycles. The van der Waals surface area contributed by atoms with Gasteiger partial charge in [0, 0.05) is 18.5 Å². The van der Waals surface area contributed by atoms with E-state index in [4.69, 9.17) is 14.3 Å². The van der Waals surface area contributed by atoms with E-state index in [2.05, 4.69) is 10.5 Å². The minimum atomic E-state index is -0.692. The first-order chi connectivity index (χ1) is 10.7. The lowest BCUT2D eigenvalue weighted by Crippen LogP contribution is -2.43. The predicted molar refractivity (Wildman–Crippen MR) is 76.0 cm³/mol. The minimum Gasteiger partial charge on any atom is -0.382 e. The van der Waals surface area contributed by atoms with Gasteiger partial charge in [0.05, 0.1) is 31.6 Å². The van der Waals surface area contributed by atoms with Gasteiger partial charge in [0.2, 0.25) is 6.10 Å². The fourth-order valence-electron chi connectivity index (χ4n) is 2.34. The first-order valence-corrected chi connectivity index (χ1v) is 7.18. The molecule has 2 aliphatic heterocycles. The zero-order valence-corrected chi connectivity index (χ0v) is 12.0. The van der Waals surface area contributed by atoms with Gasteiger partial charge < -0.3 is 19.6 Å². The Kier molecular flexibility index (Phi) is 4.65. The van der Waals surface area contributed by atoms with E-state index in [1.807, 2.05) is 0 Å². The highest BCUT2D eigenvalue weighted by atomic mass is 19.1. The molecule has 1 saturated heterocycles. The summed E-state index contributed by atoms with van der Waals surface area (Å²) in [5, 5.41) is 6.64. The van der Waals surface area contributed by atoms with Gasteiger partial charge in [-0.3, -0.25) is 4.79 Å². The Labute approximate surface area is 127 Å². The van der Waals surface area contributed by atoms with Crippen LogP contribution in [0.25, 0.3) is 0 Å². The number of oxime groups is 1. The molecule has 0 aliphatic carbocycles. The lowest BCUT2D eigenvalue weighted by Gasteiger charge is -2.23. The maximum Gasteiger partial charge on any atom is 0.264 e. The van der Waals surface area contributed by atoms with E-state index in [9.17, 15) is 9.18 Å². The molecule has 1 amide bonds. The quantitative estimate of drug-likeness (QED) is 0.895. The molecule has 1 N–H and O–H groups in total. The highest BCUT2D eigenvalue weighted by molar-refractivity contribution is 6.04. The minimum absolute atomic E-state index is 0.136. The number of nitrogens with one attached hydrogen (secondary N) is 1. The van der Waals surface area contributed by atoms with Crippen molar-refractivity contribution in [2.24, 2.45) is 5.16 Å². The molecule has 3 rings (SSSR count). The molecule has 0 saturated carbocycles. The van der Waals surface area contributed by atoms with Gasteiger partial charge in [-0.25, -0.2) is 4.39 Å². The maximum atomic E-state index is 13.2. The number of rotatable bonds is 4. The van der Waals surface area contributed by atoms with Crippen LogP contribution in [0.15, 0.2) is 29.4 Å². The topological polar surface area (TPSA) is 69.2 Å². The normalized spacial score (nSPS) is 24.5. The molecule has 1 aromatic rings. The predicted octanol–water partition coefficient (Wildman–Crippen LogP) is 0.850. The molecule has 2 aliphatic rings. The van der Waals surface area contributed by atoms with Crippen molar-refractivity contribution in [3.8, 4) is 0 Å². The van der Waals surface area contributed by atoms with Gasteiger partial charge in [-0.2, -0.15) is 0 Å². The van der Waals surface area contributed by atoms with Crippen LogP contribution in [0.2, 0.25) is 0 Å². The van der Waals surface area contributed by atoms with Crippen LogP contribution in [0.5, 0.6) is 0 Å². The Morgan fingerprint density at radius 1 is 1.41 bits per heavy atom. The van der Waals surface area contributed by atoms with Gasteiger partial charge in [0.1, 0.15) is 5.82 Å². The Morgan fingerprint density at radius 3 is 3.09 bits per heavy atom. The second-order valence-electron chi connectivity index (χ2n) is 5.16. The van der Waals surface area contributed by atoms with Crippen LogP contribution in [-0.2, 0) is 19.1 Å². The maximum absolute atomic E-state index is 13.2. The lowest BCUT2D eigenvalue weighted by molar-refractivity contribution is -0.133. The Hall–Kier alpha value is -1.99. The summed E-state index contributed by atoms with van der Waals surface area (Å²) in [4.78, 5) is 17.2. The van der Waals surface area contributed by atoms with Crippen molar-refractivity contribution in [1.82, 2.24) is 5.32 Å². The highest BCUT2D eigenvalue weighted by Crippen LogP contribution is 2.17. The van der Waals surface area contributed by atoms with Crippen molar-refractivity contribution in [3.05, 3.63) is 35.6 Å². The molecule has 2 atom stereocenters. The molecule has 7 heteroatoms. The Morgan fingerprint density at radius 2 is 2.32 bits per heavy atom. The van der Waals surface area contributed by atoms with E-state index in [1.165, 1.54) is 12.1 Å². The highest BCUT2D eigenvalue weighted by Gasteiger charge is 2.29. The van der Waals surface area contributed by atoms with Crippen LogP contribution in [-0.4, -0.2) is 50.2 Å². The second-order valence-corrected chi connectivity index (χ2v) is 5.16. The van der Waals surface area contributed by atoms with E-state index in [0.29, 0.717) is 44.1 Å². The molecule has 0 unspecified atom stereocenters. The van der Waals surface area contributed by atoms with Gasteiger partial charge in [-0.05, 0) is 12.1 Å². The number of hydrogen-bond acceptors (Lipinski definition) is 5. The van der Waals surface area contributed by atoms with Crippen molar-refractivity contribution < 1.29 is 23.5 Å². The van der Waals surface area contributed by atoms with Gasteiger partial charge >= 0.3 is 0 Å². The molecule has 1 fully saturated rings. The summed E-state index contributed by atoms with van der Waals surface area (Å²) in [5.74, 6) is -0.605. The summed E-state index contributed by atoms with van der Waals surface area (Å²) in [7, 11) is 0. The smallest absolute Gasteiger partial charge is 0.264 e. The number of ether oxygens (including phenoxy) is 2. The second kappa shape index (κ2) is 6.85. The molecule has 0 bridgehead atoms. The molecule has 6 nitrogen and oxygen atoms in total. The summed E-state index contributed by atoms with van der Waals surface area (Å²) in [6.45, 7) is 1.96. The van der Waals surface area contributed by atoms with Gasteiger partial charge in [0.25, 0.3) is 5.91 Å². The summed E-state index contributed by atoms with van der Waals surface area (Å²) < 4.78 is 23.9. The van der Waals surface area contributed by atoms with Crippen molar-refractivity contribution >= 4 is 11.6 Å². The third kappa shape index (κ3) is 3.61. The van der Waals surface area contributed by atoms with Crippen molar-refractivity contribution in [3.63, 3.8) is 0 Å². The summed E-state index contributed by atoms with van der Waals surface area (Å²) in [6.07, 6.45) is -0.511. The molecule has 1 aromatic carbocycles. The fraction of sp³-hybridized carbons (Fsp3) is 0.467. The number of amides is 1. The summed E-state index contributed by atoms with van der Waals surface area (Å²) in [6, 6.07) is 6.06. The monoisotopic (exact) mass is 308 g/mol. The zero-order chi connectivity index (χ0) is 15.4. The SMILES string of the molecule is O=C(NC[C@H]1COCCO1)[C@H]1CC(c2cccc(F)c2)=NO1. The van der Waals surface area contributed by atoms with Crippen LogP contribution in [0.4, 0.5) is 4.39 Å². The van der Waals surface area contributed by atoms with E-state index in [0.717, 1.165) is 0 Å². The van der Waals surface area contributed by atoms with E-state index >= 15 is 0 Å². The number of hydrogen-bond donors (Lipinski definition) is 1. The number of carbonyl (C=O) groups excluding carboxylic acids is 1. The number of benzene rings is 1. The van der Waals surface area contributed by atoms with Gasteiger partial charge in [-0.15, -0.1) is 0 Å². The third-order valence-electron chi connectivity index (χ3n) is 3.51. The number of nitrogens with zero attached hydrogens (tertiary/aromatic N) is 1. The van der Waals surface area contributed by atoms with E-state index in [1.54, 1.807) is 12.1 Å². The Balaban J connectivity index is 1.49. The number of halogens is 1. The van der Waals surface area contributed by atoms with E-state index < -0.39 is 6.10 Å². The zero-order valence-electron chi connectivity index (χ0n) is 12.0. The summed E-state index contributed by atoms with van der Waals surface area (Å²) >= 11 is 0. The molecule has 22 heavy (non-hydrogen) atoms. The standard InChI is InChI=1S/C15H17FN2O4/c16-11-3-1-2-10(6-11)13-7-14(22-18-13)15(19)17-8-12-9-20-4-5-21-12/h1-3,6,12,14H,4-5,7-9H2,(H,17,19)/t12-,14+/m0/s1. The van der Waals surface area contributed by atoms with Crippen molar-refractivity contribution in [2.45, 2.75) is 18.6 Å². The first kappa shape index (κ1) is 14.9. The fourth-order valence-corrected chi connectivity index (χ4v) is 2.34. The molecule has 0 radical (unpaired) electrons. The van der Waals surface area contributed by atoms with Gasteiger partial charge in [-0.1, -0.05) is 17.3 Å². The average molecular weight is 308 g/mol. The molecule has 0 spiro atoms. The Bertz CT molecular complexity index is 572. The lowest BCUT2D eigenvalue weighted by atomic mass is 10.0. The largest absolute Gasteiger partial charge is 0.382 e. The van der Waals surface area contributed by atoms with Gasteiger partial charge in [0.15, 0.2) is 0 Å². The van der Waals surface area contributed by atoms with Crippen molar-refractivity contribution in [1.29, 1.82) is 0 Å². The first-order valence-electron chi connectivity index (χ1n) is 7.18. The van der Waals surface area contributed by atoms with Crippen LogP contribution >= 0.6 is 0 Å². The van der Waals surface area contributed by atoms with Crippen molar-refractivity contribution in [2.75, 3.05) is 26.4 Å². The van der Waals surface area contributed by atoms with Crippen LogP contribution in [0, 0.1) is 5.82 Å². The number of carbonyl (C=O) groups is 1. The molecular formula is C15H17FN2O4. The molecule has 118 valence electrons. The van der Waals surface area contributed by atoms with Crippen LogP contribution in [0.3, 0.4) is 0 Å².